The van der Waals surface area contributed by atoms with Gasteiger partial charge in [-0.25, -0.2) is 0 Å². The van der Waals surface area contributed by atoms with E-state index in [0.29, 0.717) is 12.3 Å². The lowest BCUT2D eigenvalue weighted by atomic mass is 9.95. The van der Waals surface area contributed by atoms with E-state index in [9.17, 15) is 4.79 Å². The van der Waals surface area contributed by atoms with Crippen LogP contribution in [0.25, 0.3) is 0 Å². The standard InChI is InChI=1S/C23H37N5O.HI/c1-25-23(28-13-7-10-21(18-28)15-22(24)29)26-16-19-8-6-9-20(14-19)17-27-11-4-2-3-5-12-27;/h6,8-9,14,21H,2-5,7,10-13,15-18H2,1H3,(H2,24,29)(H,25,26);1H. The Labute approximate surface area is 198 Å². The molecule has 2 saturated heterocycles. The second-order valence-corrected chi connectivity index (χ2v) is 8.54. The number of primary amides is 1. The van der Waals surface area contributed by atoms with Gasteiger partial charge in [0, 0.05) is 39.6 Å². The van der Waals surface area contributed by atoms with E-state index in [-0.39, 0.29) is 29.9 Å². The second kappa shape index (κ2) is 13.1. The van der Waals surface area contributed by atoms with Crippen LogP contribution in [0.5, 0.6) is 0 Å². The van der Waals surface area contributed by atoms with Gasteiger partial charge in [0.25, 0.3) is 0 Å². The van der Waals surface area contributed by atoms with Gasteiger partial charge in [0.15, 0.2) is 5.96 Å². The van der Waals surface area contributed by atoms with Crippen molar-refractivity contribution in [2.75, 3.05) is 33.2 Å². The molecule has 168 valence electrons. The van der Waals surface area contributed by atoms with Crippen molar-refractivity contribution in [3.8, 4) is 0 Å². The molecule has 6 nitrogen and oxygen atoms in total. The van der Waals surface area contributed by atoms with Gasteiger partial charge in [-0.05, 0) is 55.8 Å². The molecule has 0 spiro atoms. The normalized spacial score (nSPS) is 20.9. The summed E-state index contributed by atoms with van der Waals surface area (Å²) in [5.74, 6) is 1.04. The molecule has 2 fully saturated rings. The first-order chi connectivity index (χ1) is 14.1. The third-order valence-electron chi connectivity index (χ3n) is 6.07. The van der Waals surface area contributed by atoms with Gasteiger partial charge in [-0.15, -0.1) is 24.0 Å². The number of guanidine groups is 1. The number of likely N-dealkylation sites (tertiary alicyclic amines) is 2. The maximum absolute atomic E-state index is 11.3. The lowest BCUT2D eigenvalue weighted by molar-refractivity contribution is -0.119. The number of rotatable bonds is 6. The highest BCUT2D eigenvalue weighted by molar-refractivity contribution is 14.0. The van der Waals surface area contributed by atoms with Crippen LogP contribution in [-0.4, -0.2) is 54.9 Å². The molecule has 2 aliphatic heterocycles. The molecule has 1 unspecified atom stereocenters. The lowest BCUT2D eigenvalue weighted by Crippen LogP contribution is -2.46. The summed E-state index contributed by atoms with van der Waals surface area (Å²) < 4.78 is 0. The van der Waals surface area contributed by atoms with Gasteiger partial charge >= 0.3 is 0 Å². The molecule has 3 N–H and O–H groups in total. The number of piperidine rings is 1. The predicted molar refractivity (Wildman–Crippen MR) is 134 cm³/mol. The van der Waals surface area contributed by atoms with E-state index in [1.807, 2.05) is 7.05 Å². The van der Waals surface area contributed by atoms with Crippen molar-refractivity contribution in [2.45, 2.75) is 58.0 Å². The van der Waals surface area contributed by atoms with Crippen LogP contribution in [0.4, 0.5) is 0 Å². The average molecular weight is 527 g/mol. The molecular weight excluding hydrogens is 489 g/mol. The van der Waals surface area contributed by atoms with Crippen LogP contribution in [0.1, 0.15) is 56.1 Å². The summed E-state index contributed by atoms with van der Waals surface area (Å²) in [5, 5.41) is 3.52. The van der Waals surface area contributed by atoms with E-state index in [1.54, 1.807) is 0 Å². The quantitative estimate of drug-likeness (QED) is 0.338. The third kappa shape index (κ3) is 8.06. The summed E-state index contributed by atoms with van der Waals surface area (Å²) in [7, 11) is 1.83. The molecule has 1 atom stereocenters. The van der Waals surface area contributed by atoms with Crippen molar-refractivity contribution in [3.05, 3.63) is 35.4 Å². The molecule has 0 radical (unpaired) electrons. The van der Waals surface area contributed by atoms with Crippen molar-refractivity contribution in [3.63, 3.8) is 0 Å². The molecule has 0 saturated carbocycles. The minimum atomic E-state index is -0.207. The number of hydrogen-bond acceptors (Lipinski definition) is 3. The SMILES string of the molecule is CN=C(NCc1cccc(CN2CCCCCC2)c1)N1CCCC(CC(N)=O)C1.I. The van der Waals surface area contributed by atoms with E-state index in [4.69, 9.17) is 5.73 Å². The zero-order valence-electron chi connectivity index (χ0n) is 18.3. The van der Waals surface area contributed by atoms with Gasteiger partial charge in [0.2, 0.25) is 5.91 Å². The Balaban J connectivity index is 0.00000320. The molecule has 2 heterocycles. The Bertz CT molecular complexity index is 688. The highest BCUT2D eigenvalue weighted by Gasteiger charge is 2.23. The number of carbonyl (C=O) groups excluding carboxylic acids is 1. The molecule has 30 heavy (non-hydrogen) atoms. The van der Waals surface area contributed by atoms with Crippen molar-refractivity contribution >= 4 is 35.8 Å². The fraction of sp³-hybridized carbons (Fsp3) is 0.652. The second-order valence-electron chi connectivity index (χ2n) is 8.54. The fourth-order valence-electron chi connectivity index (χ4n) is 4.61. The number of aliphatic imine (C=N–C) groups is 1. The van der Waals surface area contributed by atoms with Crippen LogP contribution in [0.15, 0.2) is 29.3 Å². The van der Waals surface area contributed by atoms with Crippen LogP contribution < -0.4 is 11.1 Å². The Kier molecular flexibility index (Phi) is 10.9. The zero-order chi connectivity index (χ0) is 20.5. The number of carbonyl (C=O) groups is 1. The Hall–Kier alpha value is -1.35. The van der Waals surface area contributed by atoms with Gasteiger partial charge in [-0.1, -0.05) is 37.1 Å². The van der Waals surface area contributed by atoms with E-state index in [2.05, 4.69) is 44.4 Å². The van der Waals surface area contributed by atoms with E-state index in [1.165, 1.54) is 49.9 Å². The number of nitrogens with two attached hydrogens (primary N) is 1. The van der Waals surface area contributed by atoms with Gasteiger partial charge in [-0.3, -0.25) is 14.7 Å². The first-order valence-electron chi connectivity index (χ1n) is 11.2. The smallest absolute Gasteiger partial charge is 0.217 e. The third-order valence-corrected chi connectivity index (χ3v) is 6.07. The van der Waals surface area contributed by atoms with E-state index < -0.39 is 0 Å². The maximum atomic E-state index is 11.3. The van der Waals surface area contributed by atoms with Crippen molar-refractivity contribution in [1.82, 2.24) is 15.1 Å². The Morgan fingerprint density at radius 2 is 1.87 bits per heavy atom. The zero-order valence-corrected chi connectivity index (χ0v) is 20.6. The van der Waals surface area contributed by atoms with Crippen LogP contribution in [0.3, 0.4) is 0 Å². The van der Waals surface area contributed by atoms with Gasteiger partial charge < -0.3 is 16.0 Å². The number of benzene rings is 1. The molecule has 7 heteroatoms. The molecule has 1 aromatic rings. The van der Waals surface area contributed by atoms with E-state index in [0.717, 1.165) is 45.0 Å². The molecular formula is C23H38IN5O. The Morgan fingerprint density at radius 1 is 1.13 bits per heavy atom. The molecule has 1 amide bonds. The lowest BCUT2D eigenvalue weighted by Gasteiger charge is -2.34. The van der Waals surface area contributed by atoms with Gasteiger partial charge in [-0.2, -0.15) is 0 Å². The van der Waals surface area contributed by atoms with Crippen molar-refractivity contribution in [1.29, 1.82) is 0 Å². The monoisotopic (exact) mass is 527 g/mol. The van der Waals surface area contributed by atoms with Crippen molar-refractivity contribution < 1.29 is 4.79 Å². The molecule has 1 aromatic carbocycles. The minimum absolute atomic E-state index is 0. The van der Waals surface area contributed by atoms with Gasteiger partial charge in [0.05, 0.1) is 0 Å². The maximum Gasteiger partial charge on any atom is 0.217 e. The molecule has 0 aromatic heterocycles. The minimum Gasteiger partial charge on any atom is -0.370 e. The number of nitrogens with one attached hydrogen (secondary N) is 1. The van der Waals surface area contributed by atoms with Gasteiger partial charge in [0.1, 0.15) is 0 Å². The first-order valence-corrected chi connectivity index (χ1v) is 11.2. The topological polar surface area (TPSA) is 74.0 Å². The van der Waals surface area contributed by atoms with Crippen molar-refractivity contribution in [2.24, 2.45) is 16.6 Å². The molecule has 0 aliphatic carbocycles. The summed E-state index contributed by atoms with van der Waals surface area (Å²) in [6.45, 7) is 6.07. The molecule has 2 aliphatic rings. The number of hydrogen-bond donors (Lipinski definition) is 2. The molecule has 3 rings (SSSR count). The highest BCUT2D eigenvalue weighted by Crippen LogP contribution is 2.19. The van der Waals surface area contributed by atoms with Crippen LogP contribution in [-0.2, 0) is 17.9 Å². The number of halogens is 1. The van der Waals surface area contributed by atoms with Crippen LogP contribution in [0.2, 0.25) is 0 Å². The van der Waals surface area contributed by atoms with Crippen LogP contribution >= 0.6 is 24.0 Å². The Morgan fingerprint density at radius 3 is 2.57 bits per heavy atom. The summed E-state index contributed by atoms with van der Waals surface area (Å²) in [4.78, 5) is 20.6. The molecule has 0 bridgehead atoms. The number of nitrogens with zero attached hydrogens (tertiary/aromatic N) is 3. The highest BCUT2D eigenvalue weighted by atomic mass is 127. The summed E-state index contributed by atoms with van der Waals surface area (Å²) in [6, 6.07) is 8.90. The summed E-state index contributed by atoms with van der Waals surface area (Å²) >= 11 is 0. The number of amides is 1. The predicted octanol–water partition coefficient (Wildman–Crippen LogP) is 3.34. The summed E-state index contributed by atoms with van der Waals surface area (Å²) in [6.07, 6.45) is 7.99. The average Bonchev–Trinajstić information content (AvgIpc) is 2.97. The first kappa shape index (κ1) is 24.9. The van der Waals surface area contributed by atoms with E-state index >= 15 is 0 Å². The largest absolute Gasteiger partial charge is 0.370 e. The summed E-state index contributed by atoms with van der Waals surface area (Å²) in [5.41, 5.74) is 8.07. The fourth-order valence-corrected chi connectivity index (χ4v) is 4.61. The van der Waals surface area contributed by atoms with Crippen LogP contribution in [0, 0.1) is 5.92 Å².